The number of amides is 4. The van der Waals surface area contributed by atoms with E-state index in [1.165, 1.54) is 0 Å². The number of carbonyl (C=O) groups is 4. The van der Waals surface area contributed by atoms with Crippen molar-refractivity contribution in [3.63, 3.8) is 0 Å². The highest BCUT2D eigenvalue weighted by Gasteiger charge is 2.42. The molecule has 4 amide bonds. The molecule has 0 aliphatic carbocycles. The lowest BCUT2D eigenvalue weighted by Gasteiger charge is -2.16. The Bertz CT molecular complexity index is 1200. The van der Waals surface area contributed by atoms with Crippen LogP contribution in [-0.4, -0.2) is 66.5 Å². The number of nitrogens with one attached hydrogen (secondary N) is 5. The van der Waals surface area contributed by atoms with Gasteiger partial charge in [0.1, 0.15) is 5.75 Å². The van der Waals surface area contributed by atoms with Crippen LogP contribution in [-0.2, 0) is 20.8 Å². The summed E-state index contributed by atoms with van der Waals surface area (Å²) in [7, 11) is 0. The van der Waals surface area contributed by atoms with Gasteiger partial charge in [0.2, 0.25) is 11.8 Å². The molecule has 2 unspecified atom stereocenters. The average molecular weight is 610 g/mol. The molecule has 0 bridgehead atoms. The van der Waals surface area contributed by atoms with Crippen molar-refractivity contribution in [3.8, 4) is 5.75 Å². The standard InChI is InChI=1S/C32H43N5O5S/c38-28(12-5-4-11-27-31-26(22-43-27)36-32(41)37-31)34-20-7-6-18-33-19-8-13-29(39)35-24-16-14-23(15-17-24)21-30(40)42-25-9-2-1-3-10-25/h1-3,9-10,14-17,26-27,31,33H,4-8,11-13,18-22H2,(H,34,38)(H,35,39)(H2,36,37,41)/t26?,27-,31?/m0/s1. The predicted octanol–water partition coefficient (Wildman–Crippen LogP) is 3.77. The minimum atomic E-state index is -0.334. The molecule has 2 saturated heterocycles. The molecule has 4 rings (SSSR count). The van der Waals surface area contributed by atoms with Crippen LogP contribution in [0.5, 0.6) is 5.75 Å². The molecule has 11 heteroatoms. The van der Waals surface area contributed by atoms with Gasteiger partial charge < -0.3 is 31.3 Å². The van der Waals surface area contributed by atoms with Crippen molar-refractivity contribution in [2.45, 2.75) is 75.1 Å². The summed E-state index contributed by atoms with van der Waals surface area (Å²) >= 11 is 1.91. The first-order valence-electron chi connectivity index (χ1n) is 15.3. The highest BCUT2D eigenvalue weighted by atomic mass is 32.2. The Morgan fingerprint density at radius 3 is 2.40 bits per heavy atom. The monoisotopic (exact) mass is 609 g/mol. The van der Waals surface area contributed by atoms with Crippen LogP contribution >= 0.6 is 11.8 Å². The fourth-order valence-corrected chi connectivity index (χ4v) is 6.76. The number of hydrogen-bond donors (Lipinski definition) is 5. The van der Waals surface area contributed by atoms with Crippen LogP contribution in [0.2, 0.25) is 0 Å². The molecule has 5 N–H and O–H groups in total. The van der Waals surface area contributed by atoms with Gasteiger partial charge >= 0.3 is 12.0 Å². The Balaban J connectivity index is 0.940. The zero-order valence-corrected chi connectivity index (χ0v) is 25.4. The molecule has 10 nitrogen and oxygen atoms in total. The minimum Gasteiger partial charge on any atom is -0.426 e. The second kappa shape index (κ2) is 17.5. The number of hydrogen-bond acceptors (Lipinski definition) is 7. The maximum absolute atomic E-state index is 12.3. The summed E-state index contributed by atoms with van der Waals surface area (Å²) in [4.78, 5) is 47.9. The Kier molecular flexibility index (Phi) is 13.2. The van der Waals surface area contributed by atoms with Gasteiger partial charge in [-0.15, -0.1) is 0 Å². The zero-order chi connectivity index (χ0) is 30.3. The third-order valence-corrected chi connectivity index (χ3v) is 9.01. The summed E-state index contributed by atoms with van der Waals surface area (Å²) in [5.74, 6) is 1.21. The highest BCUT2D eigenvalue weighted by Crippen LogP contribution is 2.33. The Hall–Kier alpha value is -3.57. The number of thioether (sulfide) groups is 1. The van der Waals surface area contributed by atoms with E-state index in [2.05, 4.69) is 26.6 Å². The molecule has 2 aliphatic heterocycles. The lowest BCUT2D eigenvalue weighted by molar-refractivity contribution is -0.133. The number of anilines is 1. The van der Waals surface area contributed by atoms with Gasteiger partial charge in [-0.1, -0.05) is 36.8 Å². The number of ether oxygens (including phenoxy) is 1. The largest absolute Gasteiger partial charge is 0.426 e. The van der Waals surface area contributed by atoms with Crippen molar-refractivity contribution >= 4 is 41.3 Å². The number of fused-ring (bicyclic) bond motifs is 1. The summed E-state index contributed by atoms with van der Waals surface area (Å²) in [6, 6.07) is 16.6. The Morgan fingerprint density at radius 2 is 1.58 bits per heavy atom. The van der Waals surface area contributed by atoms with Gasteiger partial charge in [0.25, 0.3) is 0 Å². The van der Waals surface area contributed by atoms with Gasteiger partial charge in [0.05, 0.1) is 18.5 Å². The maximum Gasteiger partial charge on any atom is 0.315 e. The molecule has 2 fully saturated rings. The molecule has 0 radical (unpaired) electrons. The van der Waals surface area contributed by atoms with Crippen molar-refractivity contribution in [1.82, 2.24) is 21.3 Å². The average Bonchev–Trinajstić information content (AvgIpc) is 3.55. The van der Waals surface area contributed by atoms with Crippen molar-refractivity contribution in [2.75, 3.05) is 30.7 Å². The zero-order valence-electron chi connectivity index (χ0n) is 24.6. The van der Waals surface area contributed by atoms with E-state index in [0.717, 1.165) is 62.9 Å². The molecule has 3 atom stereocenters. The topological polar surface area (TPSA) is 138 Å². The van der Waals surface area contributed by atoms with E-state index in [-0.39, 0.29) is 42.3 Å². The minimum absolute atomic E-state index is 0.0470. The molecule has 2 aromatic rings. The molecule has 2 heterocycles. The van der Waals surface area contributed by atoms with Crippen LogP contribution < -0.4 is 31.3 Å². The second-order valence-electron chi connectivity index (χ2n) is 11.0. The van der Waals surface area contributed by atoms with Crippen LogP contribution in [0.3, 0.4) is 0 Å². The van der Waals surface area contributed by atoms with E-state index in [4.69, 9.17) is 4.74 Å². The summed E-state index contributed by atoms with van der Waals surface area (Å²) in [6.07, 6.45) is 6.60. The fraction of sp³-hybridized carbons (Fsp3) is 0.500. The summed E-state index contributed by atoms with van der Waals surface area (Å²) in [5.41, 5.74) is 1.51. The molecule has 232 valence electrons. The first-order chi connectivity index (χ1) is 21.0. The molecule has 0 saturated carbocycles. The number of carbonyl (C=O) groups excluding carboxylic acids is 4. The molecule has 2 aliphatic rings. The molecule has 2 aromatic carbocycles. The number of unbranched alkanes of at least 4 members (excludes halogenated alkanes) is 2. The fourth-order valence-electron chi connectivity index (χ4n) is 5.22. The van der Waals surface area contributed by atoms with E-state index < -0.39 is 0 Å². The summed E-state index contributed by atoms with van der Waals surface area (Å²) < 4.78 is 5.31. The maximum atomic E-state index is 12.3. The Labute approximate surface area is 257 Å². The number of rotatable bonds is 18. The first-order valence-corrected chi connectivity index (χ1v) is 16.3. The summed E-state index contributed by atoms with van der Waals surface area (Å²) in [5, 5.41) is 15.7. The van der Waals surface area contributed by atoms with E-state index >= 15 is 0 Å². The van der Waals surface area contributed by atoms with Crippen LogP contribution in [0.4, 0.5) is 10.5 Å². The van der Waals surface area contributed by atoms with E-state index in [1.807, 2.05) is 42.1 Å². The van der Waals surface area contributed by atoms with Crippen LogP contribution in [0, 0.1) is 0 Å². The van der Waals surface area contributed by atoms with Gasteiger partial charge in [-0.3, -0.25) is 14.4 Å². The summed E-state index contributed by atoms with van der Waals surface area (Å²) in [6.45, 7) is 2.27. The van der Waals surface area contributed by atoms with Crippen molar-refractivity contribution in [1.29, 1.82) is 0 Å². The number of benzene rings is 2. The van der Waals surface area contributed by atoms with E-state index in [0.29, 0.717) is 36.1 Å². The third kappa shape index (κ3) is 11.6. The van der Waals surface area contributed by atoms with Gasteiger partial charge in [0, 0.05) is 36.1 Å². The molecule has 0 spiro atoms. The highest BCUT2D eigenvalue weighted by molar-refractivity contribution is 8.00. The molecular weight excluding hydrogens is 566 g/mol. The second-order valence-corrected chi connectivity index (χ2v) is 12.3. The smallest absolute Gasteiger partial charge is 0.315 e. The number of urea groups is 1. The van der Waals surface area contributed by atoms with Gasteiger partial charge in [-0.05, 0) is 75.0 Å². The van der Waals surface area contributed by atoms with Crippen molar-refractivity contribution in [2.24, 2.45) is 0 Å². The lowest BCUT2D eigenvalue weighted by atomic mass is 10.0. The number of esters is 1. The van der Waals surface area contributed by atoms with Gasteiger partial charge in [-0.2, -0.15) is 11.8 Å². The van der Waals surface area contributed by atoms with Gasteiger partial charge in [-0.25, -0.2) is 4.79 Å². The van der Waals surface area contributed by atoms with Crippen LogP contribution in [0.1, 0.15) is 56.9 Å². The predicted molar refractivity (Wildman–Crippen MR) is 169 cm³/mol. The SMILES string of the molecule is O=C(CCCC[C@@H]1SCC2NC(=O)NC21)NCCCCNCCCC(=O)Nc1ccc(CC(=O)Oc2ccccc2)cc1. The quantitative estimate of drug-likeness (QED) is 0.0751. The molecule has 43 heavy (non-hydrogen) atoms. The number of para-hydroxylation sites is 1. The van der Waals surface area contributed by atoms with Crippen LogP contribution in [0.25, 0.3) is 0 Å². The first kappa shape index (κ1) is 32.3. The lowest BCUT2D eigenvalue weighted by Crippen LogP contribution is -2.36. The van der Waals surface area contributed by atoms with Crippen LogP contribution in [0.15, 0.2) is 54.6 Å². The van der Waals surface area contributed by atoms with Crippen molar-refractivity contribution < 1.29 is 23.9 Å². The third-order valence-electron chi connectivity index (χ3n) is 7.50. The van der Waals surface area contributed by atoms with Crippen molar-refractivity contribution in [3.05, 3.63) is 60.2 Å². The van der Waals surface area contributed by atoms with E-state index in [1.54, 1.807) is 24.3 Å². The van der Waals surface area contributed by atoms with E-state index in [9.17, 15) is 19.2 Å². The normalized spacial score (nSPS) is 18.8. The van der Waals surface area contributed by atoms with Gasteiger partial charge in [0.15, 0.2) is 0 Å². The molecular formula is C32H43N5O5S. The Morgan fingerprint density at radius 1 is 0.837 bits per heavy atom. The molecule has 0 aromatic heterocycles.